The molecule has 0 aliphatic heterocycles. The van der Waals surface area contributed by atoms with E-state index in [4.69, 9.17) is 14.0 Å². The van der Waals surface area contributed by atoms with Crippen LogP contribution in [0.1, 0.15) is 16.1 Å². The number of aryl methyl sites for hydroxylation is 1. The average Bonchev–Trinajstić information content (AvgIpc) is 3.17. The van der Waals surface area contributed by atoms with Gasteiger partial charge in [0.05, 0.1) is 36.0 Å². The maximum atomic E-state index is 12.9. The van der Waals surface area contributed by atoms with Crippen molar-refractivity contribution in [1.29, 1.82) is 0 Å². The molecule has 4 rings (SSSR count). The van der Waals surface area contributed by atoms with Gasteiger partial charge in [-0.1, -0.05) is 41.6 Å². The maximum absolute atomic E-state index is 12.9. The van der Waals surface area contributed by atoms with E-state index >= 15 is 0 Å². The molecule has 0 aliphatic carbocycles. The van der Waals surface area contributed by atoms with E-state index in [2.05, 4.69) is 15.5 Å². The summed E-state index contributed by atoms with van der Waals surface area (Å²) < 4.78 is 16.2. The number of aromatic nitrogens is 2. The lowest BCUT2D eigenvalue weighted by Gasteiger charge is -2.10. The van der Waals surface area contributed by atoms with E-state index in [1.807, 2.05) is 48.5 Å². The molecule has 0 spiro atoms. The van der Waals surface area contributed by atoms with Gasteiger partial charge in [0, 0.05) is 11.6 Å². The lowest BCUT2D eigenvalue weighted by atomic mass is 10.1. The number of rotatable bonds is 7. The third-order valence-electron chi connectivity index (χ3n) is 4.63. The highest BCUT2D eigenvalue weighted by molar-refractivity contribution is 6.07. The van der Waals surface area contributed by atoms with Gasteiger partial charge >= 0.3 is 0 Å². The second kappa shape index (κ2) is 8.65. The van der Waals surface area contributed by atoms with Gasteiger partial charge in [-0.3, -0.25) is 4.79 Å². The fourth-order valence-corrected chi connectivity index (χ4v) is 3.15. The molecular formula is C23H21N3O4. The van der Waals surface area contributed by atoms with Crippen molar-refractivity contribution in [2.45, 2.75) is 6.92 Å². The maximum Gasteiger partial charge on any atom is 0.259 e. The number of nitrogens with one attached hydrogen (secondary N) is 1. The Hall–Kier alpha value is -3.87. The van der Waals surface area contributed by atoms with Crippen LogP contribution < -0.4 is 14.8 Å². The van der Waals surface area contributed by atoms with E-state index in [1.54, 1.807) is 26.2 Å². The van der Waals surface area contributed by atoms with Crippen LogP contribution in [0.15, 0.2) is 65.2 Å². The van der Waals surface area contributed by atoms with Crippen molar-refractivity contribution in [3.8, 4) is 22.8 Å². The lowest BCUT2D eigenvalue weighted by molar-refractivity contribution is 0.0948. The quantitative estimate of drug-likeness (QED) is 0.469. The monoisotopic (exact) mass is 403 g/mol. The van der Waals surface area contributed by atoms with E-state index in [0.29, 0.717) is 52.7 Å². The van der Waals surface area contributed by atoms with Crippen molar-refractivity contribution in [3.63, 3.8) is 0 Å². The molecule has 0 unspecified atom stereocenters. The summed E-state index contributed by atoms with van der Waals surface area (Å²) in [7, 11) is 1.60. The lowest BCUT2D eigenvalue weighted by Crippen LogP contribution is -2.28. The largest absolute Gasteiger partial charge is 0.497 e. The Labute approximate surface area is 173 Å². The number of fused-ring (bicyclic) bond motifs is 1. The highest BCUT2D eigenvalue weighted by Gasteiger charge is 2.19. The van der Waals surface area contributed by atoms with Crippen molar-refractivity contribution >= 4 is 17.0 Å². The van der Waals surface area contributed by atoms with Crippen LogP contribution in [0.3, 0.4) is 0 Å². The number of carbonyl (C=O) groups is 1. The van der Waals surface area contributed by atoms with Gasteiger partial charge in [-0.25, -0.2) is 4.98 Å². The van der Waals surface area contributed by atoms with Gasteiger partial charge in [-0.15, -0.1) is 0 Å². The van der Waals surface area contributed by atoms with Gasteiger partial charge < -0.3 is 19.3 Å². The molecule has 0 saturated carbocycles. The number of carbonyl (C=O) groups excluding carboxylic acids is 1. The van der Waals surface area contributed by atoms with Crippen molar-refractivity contribution in [1.82, 2.24) is 15.5 Å². The topological polar surface area (TPSA) is 86.5 Å². The molecule has 0 fully saturated rings. The van der Waals surface area contributed by atoms with Gasteiger partial charge in [-0.2, -0.15) is 0 Å². The molecule has 2 aromatic heterocycles. The standard InChI is InChI=1S/C23H21N3O4/c1-15-21-19(14-20(25-23(21)30-26-15)16-7-4-3-5-8-16)22(27)24-11-12-29-18-10-6-9-17(13-18)28-2/h3-10,13-14H,11-12H2,1-2H3,(H,24,27). The zero-order valence-electron chi connectivity index (χ0n) is 16.7. The Morgan fingerprint density at radius 3 is 2.67 bits per heavy atom. The van der Waals surface area contributed by atoms with Crippen LogP contribution in [0, 0.1) is 6.92 Å². The summed E-state index contributed by atoms with van der Waals surface area (Å²) in [5.41, 5.74) is 2.97. The minimum Gasteiger partial charge on any atom is -0.497 e. The van der Waals surface area contributed by atoms with Crippen LogP contribution in [-0.2, 0) is 0 Å². The first kappa shape index (κ1) is 19.4. The van der Waals surface area contributed by atoms with E-state index < -0.39 is 0 Å². The number of amides is 1. The molecule has 2 aromatic carbocycles. The first-order valence-electron chi connectivity index (χ1n) is 9.53. The molecule has 0 atom stereocenters. The summed E-state index contributed by atoms with van der Waals surface area (Å²) in [6, 6.07) is 18.7. The smallest absolute Gasteiger partial charge is 0.259 e. The predicted molar refractivity (Wildman–Crippen MR) is 113 cm³/mol. The minimum atomic E-state index is -0.236. The summed E-state index contributed by atoms with van der Waals surface area (Å²) >= 11 is 0. The summed E-state index contributed by atoms with van der Waals surface area (Å²) in [5.74, 6) is 1.16. The highest BCUT2D eigenvalue weighted by atomic mass is 16.5. The fourth-order valence-electron chi connectivity index (χ4n) is 3.15. The Balaban J connectivity index is 1.50. The number of pyridine rings is 1. The van der Waals surface area contributed by atoms with Crippen molar-refractivity contribution in [3.05, 3.63) is 71.9 Å². The third-order valence-corrected chi connectivity index (χ3v) is 4.63. The summed E-state index contributed by atoms with van der Waals surface area (Å²) in [4.78, 5) is 17.4. The molecule has 2 heterocycles. The molecule has 30 heavy (non-hydrogen) atoms. The summed E-state index contributed by atoms with van der Waals surface area (Å²) in [6.07, 6.45) is 0. The molecule has 0 saturated heterocycles. The number of hydrogen-bond acceptors (Lipinski definition) is 6. The number of ether oxygens (including phenoxy) is 2. The van der Waals surface area contributed by atoms with E-state index in [-0.39, 0.29) is 5.91 Å². The molecule has 152 valence electrons. The minimum absolute atomic E-state index is 0.236. The summed E-state index contributed by atoms with van der Waals surface area (Å²) in [6.45, 7) is 2.45. The zero-order valence-corrected chi connectivity index (χ0v) is 16.7. The number of methoxy groups -OCH3 is 1. The zero-order chi connectivity index (χ0) is 20.9. The molecule has 1 N–H and O–H groups in total. The Bertz CT molecular complexity index is 1170. The van der Waals surface area contributed by atoms with Gasteiger partial charge in [0.2, 0.25) is 0 Å². The molecule has 0 aliphatic rings. The van der Waals surface area contributed by atoms with Crippen LogP contribution in [0.4, 0.5) is 0 Å². The van der Waals surface area contributed by atoms with Crippen molar-refractivity contribution in [2.75, 3.05) is 20.3 Å². The first-order valence-corrected chi connectivity index (χ1v) is 9.53. The third kappa shape index (κ3) is 4.10. The number of hydrogen-bond donors (Lipinski definition) is 1. The van der Waals surface area contributed by atoms with E-state index in [9.17, 15) is 4.79 Å². The van der Waals surface area contributed by atoms with Crippen molar-refractivity contribution in [2.24, 2.45) is 0 Å². The number of nitrogens with zero attached hydrogens (tertiary/aromatic N) is 2. The van der Waals surface area contributed by atoms with E-state index in [1.165, 1.54) is 0 Å². The van der Waals surface area contributed by atoms with Gasteiger partial charge in [0.25, 0.3) is 11.6 Å². The summed E-state index contributed by atoms with van der Waals surface area (Å²) in [5, 5.41) is 7.48. The first-order chi connectivity index (χ1) is 14.7. The van der Waals surface area contributed by atoms with Crippen molar-refractivity contribution < 1.29 is 18.8 Å². The molecule has 0 bridgehead atoms. The predicted octanol–water partition coefficient (Wildman–Crippen LogP) is 4.02. The normalized spacial score (nSPS) is 10.7. The highest BCUT2D eigenvalue weighted by Crippen LogP contribution is 2.27. The molecule has 7 nitrogen and oxygen atoms in total. The van der Waals surface area contributed by atoms with Gasteiger partial charge in [-0.05, 0) is 25.1 Å². The van der Waals surface area contributed by atoms with E-state index in [0.717, 1.165) is 5.56 Å². The van der Waals surface area contributed by atoms with Crippen LogP contribution in [0.25, 0.3) is 22.4 Å². The van der Waals surface area contributed by atoms with Gasteiger partial charge in [0.15, 0.2) is 0 Å². The second-order valence-corrected chi connectivity index (χ2v) is 6.65. The molecule has 4 aromatic rings. The molecular weight excluding hydrogens is 382 g/mol. The Morgan fingerprint density at radius 1 is 1.07 bits per heavy atom. The molecule has 1 amide bonds. The second-order valence-electron chi connectivity index (χ2n) is 6.65. The van der Waals surface area contributed by atoms with Crippen LogP contribution in [0.2, 0.25) is 0 Å². The SMILES string of the molecule is COc1cccc(OCCNC(=O)c2cc(-c3ccccc3)nc3onc(C)c23)c1. The van der Waals surface area contributed by atoms with Crippen LogP contribution in [-0.4, -0.2) is 36.3 Å². The fraction of sp³-hybridized carbons (Fsp3) is 0.174. The van der Waals surface area contributed by atoms with Gasteiger partial charge in [0.1, 0.15) is 18.1 Å². The number of benzene rings is 2. The molecule has 0 radical (unpaired) electrons. The Kier molecular flexibility index (Phi) is 5.61. The average molecular weight is 403 g/mol. The molecule has 7 heteroatoms. The van der Waals surface area contributed by atoms with Crippen LogP contribution >= 0.6 is 0 Å². The van der Waals surface area contributed by atoms with Crippen LogP contribution in [0.5, 0.6) is 11.5 Å². The Morgan fingerprint density at radius 2 is 1.87 bits per heavy atom.